The van der Waals surface area contributed by atoms with Crippen molar-refractivity contribution in [3.63, 3.8) is 0 Å². The summed E-state index contributed by atoms with van der Waals surface area (Å²) in [6.07, 6.45) is 4.66. The lowest BCUT2D eigenvalue weighted by Crippen LogP contribution is -2.38. The highest BCUT2D eigenvalue weighted by Gasteiger charge is 2.14. The number of rotatable bonds is 6. The number of para-hydroxylation sites is 1. The van der Waals surface area contributed by atoms with Crippen molar-refractivity contribution in [2.24, 2.45) is 0 Å². The molecule has 0 fully saturated rings. The van der Waals surface area contributed by atoms with Crippen molar-refractivity contribution in [2.75, 3.05) is 11.9 Å². The van der Waals surface area contributed by atoms with Gasteiger partial charge in [-0.25, -0.2) is 9.48 Å². The predicted octanol–water partition coefficient (Wildman–Crippen LogP) is 2.81. The molecular weight excluding hydrogens is 304 g/mol. The van der Waals surface area contributed by atoms with Crippen LogP contribution in [0.1, 0.15) is 19.8 Å². The first-order chi connectivity index (χ1) is 10.7. The van der Waals surface area contributed by atoms with Crippen molar-refractivity contribution >= 4 is 23.3 Å². The van der Waals surface area contributed by atoms with Gasteiger partial charge in [-0.3, -0.25) is 0 Å². The topological polar surface area (TPSA) is 79.2 Å². The SMILES string of the molecule is CCC(CCO)NC(=O)Nc1cccc(Cl)c1-n1cccn1. The molecule has 22 heavy (non-hydrogen) atoms. The summed E-state index contributed by atoms with van der Waals surface area (Å²) in [5.41, 5.74) is 1.17. The minimum atomic E-state index is -0.337. The number of aliphatic hydroxyl groups is 1. The van der Waals surface area contributed by atoms with E-state index >= 15 is 0 Å². The molecule has 0 bridgehead atoms. The molecule has 2 aromatic rings. The summed E-state index contributed by atoms with van der Waals surface area (Å²) in [5.74, 6) is 0. The molecular formula is C15H19ClN4O2. The first-order valence-corrected chi connectivity index (χ1v) is 7.50. The van der Waals surface area contributed by atoms with E-state index in [1.54, 1.807) is 41.3 Å². The monoisotopic (exact) mass is 322 g/mol. The van der Waals surface area contributed by atoms with E-state index < -0.39 is 0 Å². The molecule has 0 aliphatic heterocycles. The molecule has 0 spiro atoms. The van der Waals surface area contributed by atoms with Crippen LogP contribution >= 0.6 is 11.6 Å². The standard InChI is InChI=1S/C15H19ClN4O2/c1-2-11(7-10-21)18-15(22)19-13-6-3-5-12(16)14(13)20-9-4-8-17-20/h3-6,8-9,11,21H,2,7,10H2,1H3,(H2,18,19,22). The van der Waals surface area contributed by atoms with Gasteiger partial charge in [0, 0.05) is 25.0 Å². The van der Waals surface area contributed by atoms with E-state index in [1.807, 2.05) is 6.92 Å². The van der Waals surface area contributed by atoms with Crippen LogP contribution in [0.25, 0.3) is 5.69 Å². The second-order valence-electron chi connectivity index (χ2n) is 4.80. The maximum Gasteiger partial charge on any atom is 0.319 e. The number of nitrogens with one attached hydrogen (secondary N) is 2. The number of aromatic nitrogens is 2. The fraction of sp³-hybridized carbons (Fsp3) is 0.333. The first-order valence-electron chi connectivity index (χ1n) is 7.12. The van der Waals surface area contributed by atoms with E-state index in [2.05, 4.69) is 15.7 Å². The number of halogens is 1. The summed E-state index contributed by atoms with van der Waals surface area (Å²) in [7, 11) is 0. The zero-order chi connectivity index (χ0) is 15.9. The number of aliphatic hydroxyl groups excluding tert-OH is 1. The second kappa shape index (κ2) is 7.82. The van der Waals surface area contributed by atoms with Gasteiger partial charge in [0.05, 0.1) is 10.7 Å². The largest absolute Gasteiger partial charge is 0.396 e. The van der Waals surface area contributed by atoms with E-state index in [-0.39, 0.29) is 18.7 Å². The van der Waals surface area contributed by atoms with Gasteiger partial charge in [0.1, 0.15) is 5.69 Å². The van der Waals surface area contributed by atoms with Crippen LogP contribution in [-0.4, -0.2) is 33.6 Å². The molecule has 6 nitrogen and oxygen atoms in total. The van der Waals surface area contributed by atoms with Gasteiger partial charge in [-0.15, -0.1) is 0 Å². The molecule has 0 saturated carbocycles. The Morgan fingerprint density at radius 2 is 2.27 bits per heavy atom. The molecule has 0 radical (unpaired) electrons. The zero-order valence-corrected chi connectivity index (χ0v) is 13.0. The molecule has 0 saturated heterocycles. The molecule has 1 aromatic heterocycles. The minimum absolute atomic E-state index is 0.0362. The fourth-order valence-electron chi connectivity index (χ4n) is 2.13. The van der Waals surface area contributed by atoms with Gasteiger partial charge in [-0.2, -0.15) is 5.10 Å². The van der Waals surface area contributed by atoms with Crippen LogP contribution in [0, 0.1) is 0 Å². The van der Waals surface area contributed by atoms with Gasteiger partial charge >= 0.3 is 6.03 Å². The average Bonchev–Trinajstić information content (AvgIpc) is 3.00. The molecule has 1 unspecified atom stereocenters. The van der Waals surface area contributed by atoms with Gasteiger partial charge in [0.25, 0.3) is 0 Å². The van der Waals surface area contributed by atoms with E-state index in [1.165, 1.54) is 0 Å². The van der Waals surface area contributed by atoms with Crippen LogP contribution in [-0.2, 0) is 0 Å². The molecule has 7 heteroatoms. The lowest BCUT2D eigenvalue weighted by Gasteiger charge is -2.18. The molecule has 3 N–H and O–H groups in total. The Bertz CT molecular complexity index is 616. The highest BCUT2D eigenvalue weighted by molar-refractivity contribution is 6.33. The van der Waals surface area contributed by atoms with Crippen LogP contribution in [0.5, 0.6) is 0 Å². The van der Waals surface area contributed by atoms with Gasteiger partial charge in [-0.1, -0.05) is 24.6 Å². The Labute approximate surface area is 134 Å². The summed E-state index contributed by atoms with van der Waals surface area (Å²) >= 11 is 6.22. The molecule has 118 valence electrons. The van der Waals surface area contributed by atoms with E-state index in [0.29, 0.717) is 22.8 Å². The molecule has 1 atom stereocenters. The Morgan fingerprint density at radius 3 is 2.91 bits per heavy atom. The fourth-order valence-corrected chi connectivity index (χ4v) is 2.39. The Hall–Kier alpha value is -2.05. The van der Waals surface area contributed by atoms with Gasteiger partial charge in [-0.05, 0) is 31.0 Å². The van der Waals surface area contributed by atoms with E-state index in [4.69, 9.17) is 16.7 Å². The number of carbonyl (C=O) groups is 1. The number of amides is 2. The number of benzene rings is 1. The number of nitrogens with zero attached hydrogens (tertiary/aromatic N) is 2. The van der Waals surface area contributed by atoms with Crippen molar-refractivity contribution in [2.45, 2.75) is 25.8 Å². The van der Waals surface area contributed by atoms with Crippen molar-refractivity contribution in [3.05, 3.63) is 41.7 Å². The number of hydrogen-bond acceptors (Lipinski definition) is 3. The Kier molecular flexibility index (Phi) is 5.80. The normalized spacial score (nSPS) is 12.0. The molecule has 1 aromatic carbocycles. The molecule has 2 rings (SSSR count). The van der Waals surface area contributed by atoms with E-state index in [9.17, 15) is 4.79 Å². The van der Waals surface area contributed by atoms with Crippen LogP contribution in [0.15, 0.2) is 36.7 Å². The molecule has 1 heterocycles. The summed E-state index contributed by atoms with van der Waals surface area (Å²) in [5, 5.41) is 19.2. The Balaban J connectivity index is 2.16. The molecule has 0 aliphatic rings. The predicted molar refractivity (Wildman–Crippen MR) is 86.5 cm³/mol. The maximum atomic E-state index is 12.1. The van der Waals surface area contributed by atoms with Crippen molar-refractivity contribution in [3.8, 4) is 5.69 Å². The molecule has 0 aliphatic carbocycles. The van der Waals surface area contributed by atoms with Gasteiger partial charge in [0.2, 0.25) is 0 Å². The minimum Gasteiger partial charge on any atom is -0.396 e. The number of carbonyl (C=O) groups excluding carboxylic acids is 1. The quantitative estimate of drug-likeness (QED) is 0.765. The van der Waals surface area contributed by atoms with Crippen LogP contribution < -0.4 is 10.6 Å². The second-order valence-corrected chi connectivity index (χ2v) is 5.21. The lowest BCUT2D eigenvalue weighted by atomic mass is 10.1. The first kappa shape index (κ1) is 16.3. The van der Waals surface area contributed by atoms with Crippen LogP contribution in [0.4, 0.5) is 10.5 Å². The number of urea groups is 1. The summed E-state index contributed by atoms with van der Waals surface area (Å²) in [4.78, 5) is 12.1. The lowest BCUT2D eigenvalue weighted by molar-refractivity contribution is 0.237. The average molecular weight is 323 g/mol. The zero-order valence-electron chi connectivity index (χ0n) is 12.3. The van der Waals surface area contributed by atoms with E-state index in [0.717, 1.165) is 6.42 Å². The van der Waals surface area contributed by atoms with Crippen LogP contribution in [0.3, 0.4) is 0 Å². The highest BCUT2D eigenvalue weighted by atomic mass is 35.5. The number of hydrogen-bond donors (Lipinski definition) is 3. The summed E-state index contributed by atoms with van der Waals surface area (Å²) in [6, 6.07) is 6.63. The third-order valence-corrected chi connectivity index (χ3v) is 3.58. The highest BCUT2D eigenvalue weighted by Crippen LogP contribution is 2.27. The number of anilines is 1. The third kappa shape index (κ3) is 3.99. The third-order valence-electron chi connectivity index (χ3n) is 3.27. The van der Waals surface area contributed by atoms with Crippen molar-refractivity contribution < 1.29 is 9.90 Å². The summed E-state index contributed by atoms with van der Waals surface area (Å²) < 4.78 is 1.60. The summed E-state index contributed by atoms with van der Waals surface area (Å²) in [6.45, 7) is 1.99. The smallest absolute Gasteiger partial charge is 0.319 e. The van der Waals surface area contributed by atoms with Crippen molar-refractivity contribution in [1.82, 2.24) is 15.1 Å². The van der Waals surface area contributed by atoms with Crippen LogP contribution in [0.2, 0.25) is 5.02 Å². The van der Waals surface area contributed by atoms with Crippen molar-refractivity contribution in [1.29, 1.82) is 0 Å². The maximum absolute atomic E-state index is 12.1. The molecule has 2 amide bonds. The van der Waals surface area contributed by atoms with Gasteiger partial charge in [0.15, 0.2) is 0 Å². The van der Waals surface area contributed by atoms with Gasteiger partial charge < -0.3 is 15.7 Å². The Morgan fingerprint density at radius 1 is 1.45 bits per heavy atom.